The maximum absolute atomic E-state index is 13.1. The highest BCUT2D eigenvalue weighted by Crippen LogP contribution is 2.39. The molecule has 152 valence electrons. The molecule has 0 amide bonds. The number of alkyl halides is 3. The minimum Gasteiger partial charge on any atom is -0.508 e. The molecule has 1 atom stereocenters. The first-order valence-corrected chi connectivity index (χ1v) is 8.45. The van der Waals surface area contributed by atoms with Gasteiger partial charge in [-0.05, 0) is 19.9 Å². The van der Waals surface area contributed by atoms with E-state index in [2.05, 4.69) is 5.32 Å². The van der Waals surface area contributed by atoms with Crippen molar-refractivity contribution in [3.05, 3.63) is 23.8 Å². The molecule has 2 rings (SSSR count). The normalized spacial score (nSPS) is 16.3. The standard InChI is InChI=1S/C17H26F3N3O.2ClH/c1-3-22(4-2)13-5-6-14(16(24)11-13)15(12-17(18,19)20)23-9-7-21-8-10-23;;/h5-6,11,15,21,24H,3-4,7-10,12H2,1-2H3;2*1H/t15-;;/m0../s1. The van der Waals surface area contributed by atoms with Crippen LogP contribution in [0.3, 0.4) is 0 Å². The summed E-state index contributed by atoms with van der Waals surface area (Å²) in [4.78, 5) is 3.85. The van der Waals surface area contributed by atoms with Crippen molar-refractivity contribution in [1.29, 1.82) is 0 Å². The maximum Gasteiger partial charge on any atom is 0.390 e. The van der Waals surface area contributed by atoms with Gasteiger partial charge in [-0.25, -0.2) is 0 Å². The Labute approximate surface area is 165 Å². The van der Waals surface area contributed by atoms with Crippen molar-refractivity contribution in [3.63, 3.8) is 0 Å². The number of phenols is 1. The van der Waals surface area contributed by atoms with Crippen molar-refractivity contribution in [3.8, 4) is 5.75 Å². The third-order valence-electron chi connectivity index (χ3n) is 4.52. The summed E-state index contributed by atoms with van der Waals surface area (Å²) in [5, 5.41) is 13.5. The Bertz CT molecular complexity index is 536. The molecule has 1 aliphatic heterocycles. The van der Waals surface area contributed by atoms with Gasteiger partial charge in [0.2, 0.25) is 0 Å². The van der Waals surface area contributed by atoms with Crippen LogP contribution in [-0.2, 0) is 0 Å². The zero-order valence-electron chi connectivity index (χ0n) is 15.1. The lowest BCUT2D eigenvalue weighted by molar-refractivity contribution is -0.148. The predicted molar refractivity (Wildman–Crippen MR) is 104 cm³/mol. The second kappa shape index (κ2) is 11.1. The molecule has 0 aromatic heterocycles. The van der Waals surface area contributed by atoms with Crippen molar-refractivity contribution < 1.29 is 18.3 Å². The van der Waals surface area contributed by atoms with Crippen molar-refractivity contribution in [2.75, 3.05) is 44.2 Å². The second-order valence-corrected chi connectivity index (χ2v) is 6.04. The van der Waals surface area contributed by atoms with E-state index in [4.69, 9.17) is 0 Å². The quantitative estimate of drug-likeness (QED) is 0.733. The van der Waals surface area contributed by atoms with Crippen LogP contribution in [0.15, 0.2) is 18.2 Å². The van der Waals surface area contributed by atoms with Gasteiger partial charge in [-0.3, -0.25) is 4.90 Å². The summed E-state index contributed by atoms with van der Waals surface area (Å²) >= 11 is 0. The van der Waals surface area contributed by atoms with E-state index >= 15 is 0 Å². The number of aromatic hydroxyl groups is 1. The second-order valence-electron chi connectivity index (χ2n) is 6.04. The minimum atomic E-state index is -4.28. The van der Waals surface area contributed by atoms with E-state index in [0.29, 0.717) is 31.7 Å². The highest BCUT2D eigenvalue weighted by atomic mass is 35.5. The molecule has 4 nitrogen and oxygen atoms in total. The molecule has 0 bridgehead atoms. The summed E-state index contributed by atoms with van der Waals surface area (Å²) in [5.41, 5.74) is 1.18. The summed E-state index contributed by atoms with van der Waals surface area (Å²) in [6.07, 6.45) is -5.23. The summed E-state index contributed by atoms with van der Waals surface area (Å²) < 4.78 is 39.2. The Balaban J connectivity index is 0.00000312. The summed E-state index contributed by atoms with van der Waals surface area (Å²) in [5.74, 6) is -0.0628. The molecule has 9 heteroatoms. The lowest BCUT2D eigenvalue weighted by atomic mass is 9.99. The van der Waals surface area contributed by atoms with Gasteiger partial charge < -0.3 is 15.3 Å². The van der Waals surface area contributed by atoms with Gasteiger partial charge in [0.25, 0.3) is 0 Å². The fourth-order valence-electron chi connectivity index (χ4n) is 3.25. The monoisotopic (exact) mass is 417 g/mol. The largest absolute Gasteiger partial charge is 0.508 e. The SMILES string of the molecule is CCN(CC)c1ccc([C@H](CC(F)(F)F)N2CCNCC2)c(O)c1.Cl.Cl. The topological polar surface area (TPSA) is 38.7 Å². The van der Waals surface area contributed by atoms with Crippen molar-refractivity contribution in [2.24, 2.45) is 0 Å². The molecule has 1 aromatic carbocycles. The van der Waals surface area contributed by atoms with Gasteiger partial charge >= 0.3 is 6.18 Å². The highest BCUT2D eigenvalue weighted by Gasteiger charge is 2.37. The zero-order chi connectivity index (χ0) is 17.7. The van der Waals surface area contributed by atoms with E-state index in [1.165, 1.54) is 0 Å². The van der Waals surface area contributed by atoms with Crippen LogP contribution >= 0.6 is 24.8 Å². The molecule has 2 N–H and O–H groups in total. The van der Waals surface area contributed by atoms with E-state index in [0.717, 1.165) is 18.8 Å². The van der Waals surface area contributed by atoms with Crippen molar-refractivity contribution in [1.82, 2.24) is 10.2 Å². The number of benzene rings is 1. The molecule has 1 aromatic rings. The number of nitrogens with zero attached hydrogens (tertiary/aromatic N) is 2. The number of rotatable bonds is 6. The Morgan fingerprint density at radius 3 is 2.19 bits per heavy atom. The molecule has 1 heterocycles. The van der Waals surface area contributed by atoms with E-state index < -0.39 is 18.6 Å². The Morgan fingerprint density at radius 2 is 1.73 bits per heavy atom. The van der Waals surface area contributed by atoms with Gasteiger partial charge in [-0.15, -0.1) is 24.8 Å². The molecule has 0 spiro atoms. The summed E-state index contributed by atoms with van der Waals surface area (Å²) in [6, 6.07) is 4.17. The van der Waals surface area contributed by atoms with Crippen LogP contribution in [0.25, 0.3) is 0 Å². The fraction of sp³-hybridized carbons (Fsp3) is 0.647. The average molecular weight is 418 g/mol. The van der Waals surface area contributed by atoms with Crippen LogP contribution in [0.5, 0.6) is 5.75 Å². The smallest absolute Gasteiger partial charge is 0.390 e. The lowest BCUT2D eigenvalue weighted by Gasteiger charge is -2.36. The summed E-state index contributed by atoms with van der Waals surface area (Å²) in [7, 11) is 0. The van der Waals surface area contributed by atoms with Gasteiger partial charge in [-0.2, -0.15) is 13.2 Å². The Hall–Kier alpha value is -0.890. The Morgan fingerprint density at radius 1 is 1.15 bits per heavy atom. The predicted octanol–water partition coefficient (Wildman–Crippen LogP) is 3.98. The number of piperazine rings is 1. The van der Waals surface area contributed by atoms with Gasteiger partial charge in [0.1, 0.15) is 5.75 Å². The van der Waals surface area contributed by atoms with Gasteiger partial charge in [-0.1, -0.05) is 6.07 Å². The molecular weight excluding hydrogens is 390 g/mol. The lowest BCUT2D eigenvalue weighted by Crippen LogP contribution is -2.46. The first-order valence-electron chi connectivity index (χ1n) is 8.45. The molecule has 1 aliphatic rings. The van der Waals surface area contributed by atoms with Crippen LogP contribution in [0, 0.1) is 0 Å². The van der Waals surface area contributed by atoms with E-state index in [1.807, 2.05) is 18.7 Å². The third-order valence-corrected chi connectivity index (χ3v) is 4.52. The number of phenolic OH excluding ortho intramolecular Hbond substituents is 1. The van der Waals surface area contributed by atoms with Gasteiger partial charge in [0.15, 0.2) is 0 Å². The molecule has 0 radical (unpaired) electrons. The maximum atomic E-state index is 13.1. The van der Waals surface area contributed by atoms with E-state index in [-0.39, 0.29) is 30.6 Å². The zero-order valence-corrected chi connectivity index (χ0v) is 16.7. The average Bonchev–Trinajstić information content (AvgIpc) is 2.54. The fourth-order valence-corrected chi connectivity index (χ4v) is 3.25. The minimum absolute atomic E-state index is 0. The van der Waals surface area contributed by atoms with Gasteiger partial charge in [0.05, 0.1) is 6.42 Å². The third kappa shape index (κ3) is 6.68. The molecule has 26 heavy (non-hydrogen) atoms. The number of nitrogens with one attached hydrogen (secondary N) is 1. The van der Waals surface area contributed by atoms with Crippen molar-refractivity contribution in [2.45, 2.75) is 32.5 Å². The first kappa shape index (κ1) is 25.1. The number of halogens is 5. The van der Waals surface area contributed by atoms with Crippen LogP contribution in [0.4, 0.5) is 18.9 Å². The molecule has 1 saturated heterocycles. The summed E-state index contributed by atoms with van der Waals surface area (Å²) in [6.45, 7) is 7.96. The van der Waals surface area contributed by atoms with Gasteiger partial charge in [0, 0.05) is 62.6 Å². The Kier molecular flexibility index (Phi) is 10.7. The van der Waals surface area contributed by atoms with Crippen LogP contribution in [-0.4, -0.2) is 55.5 Å². The number of hydrogen-bond donors (Lipinski definition) is 2. The molecule has 0 unspecified atom stereocenters. The molecule has 0 aliphatic carbocycles. The highest BCUT2D eigenvalue weighted by molar-refractivity contribution is 5.85. The van der Waals surface area contributed by atoms with Crippen molar-refractivity contribution >= 4 is 30.5 Å². The van der Waals surface area contributed by atoms with E-state index in [1.54, 1.807) is 23.1 Å². The van der Waals surface area contributed by atoms with E-state index in [9.17, 15) is 18.3 Å². The molecular formula is C17H28Cl2F3N3O. The molecule has 1 fully saturated rings. The van der Waals surface area contributed by atoms with Crippen LogP contribution < -0.4 is 10.2 Å². The molecule has 0 saturated carbocycles. The number of anilines is 1. The first-order chi connectivity index (χ1) is 11.4. The van der Waals surface area contributed by atoms with Crippen LogP contribution in [0.1, 0.15) is 31.9 Å². The van der Waals surface area contributed by atoms with Crippen LogP contribution in [0.2, 0.25) is 0 Å². The number of hydrogen-bond acceptors (Lipinski definition) is 4.